The van der Waals surface area contributed by atoms with Crippen molar-refractivity contribution in [2.45, 2.75) is 64.6 Å². The molecule has 7 nitrogen and oxygen atoms in total. The second-order valence-electron chi connectivity index (χ2n) is 10.7. The molecule has 0 saturated carbocycles. The molecule has 2 amide bonds. The molecule has 0 aliphatic carbocycles. The standard InChI is InChI=1S/C30H36BrN3O4S/c1-21-14-16-27(17-15-21)39(37,38)34(26-13-9-12-25(31)18-26)20-28(35)33(19-24-11-8-7-10-22(24)2)23(3)29(36)32-30(4,5)6/h7-18,23H,19-20H2,1-6H3,(H,32,36)/t23-/m1/s1. The Kier molecular flexibility index (Phi) is 9.61. The molecule has 0 aliphatic heterocycles. The van der Waals surface area contributed by atoms with Crippen molar-refractivity contribution in [1.82, 2.24) is 10.2 Å². The predicted octanol–water partition coefficient (Wildman–Crippen LogP) is 5.59. The molecule has 0 fully saturated rings. The van der Waals surface area contributed by atoms with Crippen LogP contribution in [0.5, 0.6) is 0 Å². The van der Waals surface area contributed by atoms with Crippen LogP contribution < -0.4 is 9.62 Å². The lowest BCUT2D eigenvalue weighted by Crippen LogP contribution is -2.54. The minimum Gasteiger partial charge on any atom is -0.350 e. The van der Waals surface area contributed by atoms with Crippen LogP contribution in [0, 0.1) is 13.8 Å². The molecule has 0 radical (unpaired) electrons. The van der Waals surface area contributed by atoms with Crippen molar-refractivity contribution in [3.8, 4) is 0 Å². The Morgan fingerprint density at radius 2 is 1.59 bits per heavy atom. The summed E-state index contributed by atoms with van der Waals surface area (Å²) in [5, 5.41) is 2.94. The van der Waals surface area contributed by atoms with E-state index < -0.39 is 34.1 Å². The summed E-state index contributed by atoms with van der Waals surface area (Å²) in [7, 11) is -4.11. The van der Waals surface area contributed by atoms with Gasteiger partial charge in [0.25, 0.3) is 10.0 Å². The van der Waals surface area contributed by atoms with Gasteiger partial charge >= 0.3 is 0 Å². The molecule has 0 aromatic heterocycles. The summed E-state index contributed by atoms with van der Waals surface area (Å²) < 4.78 is 29.5. The topological polar surface area (TPSA) is 86.8 Å². The van der Waals surface area contributed by atoms with Crippen molar-refractivity contribution in [2.75, 3.05) is 10.8 Å². The number of rotatable bonds is 9. The number of nitrogens with zero attached hydrogens (tertiary/aromatic N) is 2. The molecule has 9 heteroatoms. The zero-order valence-corrected chi connectivity index (χ0v) is 25.6. The summed E-state index contributed by atoms with van der Waals surface area (Å²) in [6.45, 7) is 10.8. The zero-order chi connectivity index (χ0) is 29.0. The van der Waals surface area contributed by atoms with E-state index in [2.05, 4.69) is 21.2 Å². The van der Waals surface area contributed by atoms with Gasteiger partial charge in [0.15, 0.2) is 0 Å². The van der Waals surface area contributed by atoms with Gasteiger partial charge in [0.05, 0.1) is 10.6 Å². The van der Waals surface area contributed by atoms with Gasteiger partial charge in [-0.2, -0.15) is 0 Å². The molecule has 208 valence electrons. The Morgan fingerprint density at radius 3 is 2.18 bits per heavy atom. The number of anilines is 1. The quantitative estimate of drug-likeness (QED) is 0.341. The third-order valence-corrected chi connectivity index (χ3v) is 8.53. The summed E-state index contributed by atoms with van der Waals surface area (Å²) >= 11 is 3.41. The minimum absolute atomic E-state index is 0.0739. The van der Waals surface area contributed by atoms with Crippen LogP contribution in [0.25, 0.3) is 0 Å². The highest BCUT2D eigenvalue weighted by Gasteiger charge is 2.33. The largest absolute Gasteiger partial charge is 0.350 e. The fourth-order valence-electron chi connectivity index (χ4n) is 4.03. The Morgan fingerprint density at radius 1 is 0.949 bits per heavy atom. The first-order valence-electron chi connectivity index (χ1n) is 12.7. The average Bonchev–Trinajstić information content (AvgIpc) is 2.85. The monoisotopic (exact) mass is 613 g/mol. The Hall–Kier alpha value is -3.17. The fraction of sp³-hybridized carbons (Fsp3) is 0.333. The highest BCUT2D eigenvalue weighted by atomic mass is 79.9. The normalized spacial score (nSPS) is 12.5. The number of nitrogens with one attached hydrogen (secondary N) is 1. The number of amides is 2. The number of aryl methyl sites for hydroxylation is 2. The second-order valence-corrected chi connectivity index (χ2v) is 13.4. The van der Waals surface area contributed by atoms with Crippen LogP contribution in [0.4, 0.5) is 5.69 Å². The van der Waals surface area contributed by atoms with Crippen molar-refractivity contribution in [3.05, 3.63) is 94.0 Å². The van der Waals surface area contributed by atoms with Gasteiger partial charge in [-0.3, -0.25) is 13.9 Å². The molecule has 0 saturated heterocycles. The third kappa shape index (κ3) is 7.92. The molecule has 3 aromatic rings. The van der Waals surface area contributed by atoms with Crippen LogP contribution >= 0.6 is 15.9 Å². The maximum Gasteiger partial charge on any atom is 0.264 e. The Balaban J connectivity index is 2.05. The van der Waals surface area contributed by atoms with E-state index in [0.29, 0.717) is 10.2 Å². The number of sulfonamides is 1. The van der Waals surface area contributed by atoms with Crippen molar-refractivity contribution in [1.29, 1.82) is 0 Å². The van der Waals surface area contributed by atoms with E-state index >= 15 is 0 Å². The van der Waals surface area contributed by atoms with Crippen molar-refractivity contribution in [3.63, 3.8) is 0 Å². The highest BCUT2D eigenvalue weighted by molar-refractivity contribution is 9.10. The van der Waals surface area contributed by atoms with Crippen molar-refractivity contribution in [2.24, 2.45) is 0 Å². The van der Waals surface area contributed by atoms with Crippen molar-refractivity contribution >= 4 is 43.5 Å². The van der Waals surface area contributed by atoms with Crippen LogP contribution in [0.15, 0.2) is 82.2 Å². The van der Waals surface area contributed by atoms with E-state index in [0.717, 1.165) is 21.0 Å². The van der Waals surface area contributed by atoms with E-state index in [-0.39, 0.29) is 17.3 Å². The number of halogens is 1. The summed E-state index contributed by atoms with van der Waals surface area (Å²) in [6, 6.07) is 20.1. The van der Waals surface area contributed by atoms with Gasteiger partial charge in [0.1, 0.15) is 12.6 Å². The number of carbonyl (C=O) groups excluding carboxylic acids is 2. The van der Waals surface area contributed by atoms with E-state index in [1.165, 1.54) is 17.0 Å². The molecule has 0 heterocycles. The van der Waals surface area contributed by atoms with E-state index in [4.69, 9.17) is 0 Å². The molecule has 3 rings (SSSR count). The van der Waals surface area contributed by atoms with Gasteiger partial charge < -0.3 is 10.2 Å². The Bertz CT molecular complexity index is 1430. The van der Waals surface area contributed by atoms with Gasteiger partial charge in [-0.15, -0.1) is 0 Å². The number of hydrogen-bond acceptors (Lipinski definition) is 4. The highest BCUT2D eigenvalue weighted by Crippen LogP contribution is 2.27. The molecular formula is C30H36BrN3O4S. The minimum atomic E-state index is -4.11. The van der Waals surface area contributed by atoms with Crippen LogP contribution in [-0.4, -0.2) is 43.3 Å². The molecule has 0 spiro atoms. The van der Waals surface area contributed by atoms with E-state index in [9.17, 15) is 18.0 Å². The number of hydrogen-bond donors (Lipinski definition) is 1. The summed E-state index contributed by atoms with van der Waals surface area (Å²) in [6.07, 6.45) is 0. The maximum atomic E-state index is 14.0. The summed E-state index contributed by atoms with van der Waals surface area (Å²) in [5.41, 5.74) is 2.59. The van der Waals surface area contributed by atoms with Gasteiger partial charge in [0.2, 0.25) is 11.8 Å². The van der Waals surface area contributed by atoms with Gasteiger partial charge in [-0.25, -0.2) is 8.42 Å². The first-order chi connectivity index (χ1) is 18.2. The molecule has 1 N–H and O–H groups in total. The molecular weight excluding hydrogens is 578 g/mol. The third-order valence-electron chi connectivity index (χ3n) is 6.25. The number of carbonyl (C=O) groups is 2. The van der Waals surface area contributed by atoms with Gasteiger partial charge in [-0.1, -0.05) is 64.0 Å². The summed E-state index contributed by atoms with van der Waals surface area (Å²) in [5.74, 6) is -0.815. The Labute approximate surface area is 240 Å². The van der Waals surface area contributed by atoms with Crippen LogP contribution in [0.2, 0.25) is 0 Å². The smallest absolute Gasteiger partial charge is 0.264 e. The SMILES string of the molecule is Cc1ccc(S(=O)(=O)N(CC(=O)N(Cc2ccccc2C)[C@H](C)C(=O)NC(C)(C)C)c2cccc(Br)c2)cc1. The lowest BCUT2D eigenvalue weighted by Gasteiger charge is -2.33. The van der Waals surface area contributed by atoms with Gasteiger partial charge in [-0.05, 0) is 83.0 Å². The van der Waals surface area contributed by atoms with Crippen molar-refractivity contribution < 1.29 is 18.0 Å². The lowest BCUT2D eigenvalue weighted by molar-refractivity contribution is -0.140. The molecule has 0 unspecified atom stereocenters. The number of benzene rings is 3. The van der Waals surface area contributed by atoms with Crippen LogP contribution in [0.3, 0.4) is 0 Å². The van der Waals surface area contributed by atoms with E-state index in [1.807, 2.05) is 58.9 Å². The molecule has 3 aromatic carbocycles. The van der Waals surface area contributed by atoms with Crippen LogP contribution in [0.1, 0.15) is 44.4 Å². The first kappa shape index (κ1) is 30.4. The second kappa shape index (κ2) is 12.3. The predicted molar refractivity (Wildman–Crippen MR) is 159 cm³/mol. The lowest BCUT2D eigenvalue weighted by atomic mass is 10.1. The maximum absolute atomic E-state index is 14.0. The molecule has 1 atom stereocenters. The molecule has 39 heavy (non-hydrogen) atoms. The molecule has 0 aliphatic rings. The first-order valence-corrected chi connectivity index (χ1v) is 14.9. The van der Waals surface area contributed by atoms with Gasteiger partial charge in [0, 0.05) is 16.6 Å². The zero-order valence-electron chi connectivity index (χ0n) is 23.2. The fourth-order valence-corrected chi connectivity index (χ4v) is 5.82. The summed E-state index contributed by atoms with van der Waals surface area (Å²) in [4.78, 5) is 28.7. The van der Waals surface area contributed by atoms with Crippen LogP contribution in [-0.2, 0) is 26.2 Å². The average molecular weight is 615 g/mol. The molecule has 0 bridgehead atoms. The van der Waals surface area contributed by atoms with E-state index in [1.54, 1.807) is 43.3 Å².